The first-order chi connectivity index (χ1) is 7.04. The van der Waals surface area contributed by atoms with Crippen molar-refractivity contribution < 1.29 is 9.90 Å². The first-order valence-electron chi connectivity index (χ1n) is 5.77. The highest BCUT2D eigenvalue weighted by Gasteiger charge is 2.46. The van der Waals surface area contributed by atoms with Crippen LogP contribution in [0.4, 0.5) is 0 Å². The zero-order valence-electron chi connectivity index (χ0n) is 9.28. The van der Waals surface area contributed by atoms with Crippen molar-refractivity contribution in [3.63, 3.8) is 0 Å². The third-order valence-corrected chi connectivity index (χ3v) is 3.97. The number of amides is 1. The van der Waals surface area contributed by atoms with Gasteiger partial charge in [0.05, 0.1) is 11.5 Å². The molecule has 4 nitrogen and oxygen atoms in total. The Morgan fingerprint density at radius 1 is 1.53 bits per heavy atom. The van der Waals surface area contributed by atoms with Crippen molar-refractivity contribution in [2.24, 2.45) is 11.1 Å². The minimum atomic E-state index is -0.385. The molecule has 1 aliphatic carbocycles. The highest BCUT2D eigenvalue weighted by molar-refractivity contribution is 5.83. The van der Waals surface area contributed by atoms with Crippen molar-refractivity contribution in [2.75, 3.05) is 13.1 Å². The number of carbonyl (C=O) groups is 1. The molecule has 1 heterocycles. The lowest BCUT2D eigenvalue weighted by atomic mass is 9.83. The van der Waals surface area contributed by atoms with Crippen LogP contribution in [0.5, 0.6) is 0 Å². The van der Waals surface area contributed by atoms with E-state index in [2.05, 4.69) is 0 Å². The quantitative estimate of drug-likeness (QED) is 0.647. The first-order valence-corrected chi connectivity index (χ1v) is 5.77. The second-order valence-electron chi connectivity index (χ2n) is 5.11. The summed E-state index contributed by atoms with van der Waals surface area (Å²) in [4.78, 5) is 14.0. The maximum atomic E-state index is 12.3. The van der Waals surface area contributed by atoms with E-state index in [0.29, 0.717) is 19.5 Å². The number of β-amino-alcohol motifs (C(OH)–C–C–N with tert-alkyl or cyclic N) is 1. The molecule has 2 fully saturated rings. The monoisotopic (exact) mass is 212 g/mol. The second kappa shape index (κ2) is 3.76. The van der Waals surface area contributed by atoms with Crippen LogP contribution in [0.3, 0.4) is 0 Å². The van der Waals surface area contributed by atoms with E-state index >= 15 is 0 Å². The van der Waals surface area contributed by atoms with Crippen LogP contribution in [0.25, 0.3) is 0 Å². The fraction of sp³-hybridized carbons (Fsp3) is 0.909. The number of likely N-dealkylation sites (tertiary alicyclic amines) is 1. The van der Waals surface area contributed by atoms with Crippen LogP contribution in [0.15, 0.2) is 0 Å². The molecule has 0 aromatic carbocycles. The molecule has 0 aromatic rings. The summed E-state index contributed by atoms with van der Waals surface area (Å²) in [6.45, 7) is 3.14. The molecule has 0 aromatic heterocycles. The SMILES string of the molecule is CC1(C(=O)N2CC[C@@H](O)C2)CCCC1N. The van der Waals surface area contributed by atoms with Gasteiger partial charge in [-0.15, -0.1) is 0 Å². The molecule has 3 atom stereocenters. The fourth-order valence-electron chi connectivity index (χ4n) is 2.75. The van der Waals surface area contributed by atoms with E-state index in [-0.39, 0.29) is 23.5 Å². The fourth-order valence-corrected chi connectivity index (χ4v) is 2.75. The zero-order valence-corrected chi connectivity index (χ0v) is 9.28. The maximum Gasteiger partial charge on any atom is 0.230 e. The molecule has 0 spiro atoms. The molecule has 1 saturated carbocycles. The molecule has 1 aliphatic heterocycles. The van der Waals surface area contributed by atoms with E-state index in [4.69, 9.17) is 5.73 Å². The number of nitrogens with two attached hydrogens (primary N) is 1. The van der Waals surface area contributed by atoms with Crippen molar-refractivity contribution >= 4 is 5.91 Å². The van der Waals surface area contributed by atoms with Gasteiger partial charge in [0.25, 0.3) is 0 Å². The van der Waals surface area contributed by atoms with Crippen LogP contribution in [-0.2, 0) is 4.79 Å². The summed E-state index contributed by atoms with van der Waals surface area (Å²) in [5, 5.41) is 9.42. The van der Waals surface area contributed by atoms with Gasteiger partial charge in [-0.2, -0.15) is 0 Å². The predicted octanol–water partition coefficient (Wildman–Crippen LogP) is 0.0971. The van der Waals surface area contributed by atoms with Crippen molar-refractivity contribution in [1.29, 1.82) is 0 Å². The van der Waals surface area contributed by atoms with E-state index in [1.165, 1.54) is 0 Å². The van der Waals surface area contributed by atoms with Crippen LogP contribution in [0, 0.1) is 5.41 Å². The molecule has 2 rings (SSSR count). The van der Waals surface area contributed by atoms with E-state index in [1.54, 1.807) is 4.90 Å². The summed E-state index contributed by atoms with van der Waals surface area (Å²) in [6.07, 6.45) is 3.24. The second-order valence-corrected chi connectivity index (χ2v) is 5.11. The highest BCUT2D eigenvalue weighted by atomic mass is 16.3. The molecular weight excluding hydrogens is 192 g/mol. The summed E-state index contributed by atoms with van der Waals surface area (Å²) in [7, 11) is 0. The summed E-state index contributed by atoms with van der Waals surface area (Å²) >= 11 is 0. The van der Waals surface area contributed by atoms with E-state index in [1.807, 2.05) is 6.92 Å². The van der Waals surface area contributed by atoms with Gasteiger partial charge in [0.15, 0.2) is 0 Å². The van der Waals surface area contributed by atoms with Crippen molar-refractivity contribution in [2.45, 2.75) is 44.8 Å². The number of rotatable bonds is 1. The van der Waals surface area contributed by atoms with Gasteiger partial charge in [0, 0.05) is 19.1 Å². The summed E-state index contributed by atoms with van der Waals surface area (Å²) in [6, 6.07) is -0.0113. The molecule has 2 unspecified atom stereocenters. The normalized spacial score (nSPS) is 41.1. The summed E-state index contributed by atoms with van der Waals surface area (Å²) in [5.74, 6) is 0.143. The standard InChI is InChI=1S/C11H20N2O2/c1-11(5-2-3-9(11)12)10(15)13-6-4-8(14)7-13/h8-9,14H,2-7,12H2,1H3/t8-,9?,11?/m1/s1. The molecule has 3 N–H and O–H groups in total. The largest absolute Gasteiger partial charge is 0.391 e. The Balaban J connectivity index is 2.07. The molecule has 2 aliphatic rings. The Morgan fingerprint density at radius 3 is 2.73 bits per heavy atom. The molecule has 1 saturated heterocycles. The van der Waals surface area contributed by atoms with Gasteiger partial charge in [-0.3, -0.25) is 4.79 Å². The average molecular weight is 212 g/mol. The predicted molar refractivity (Wildman–Crippen MR) is 57.1 cm³/mol. The molecule has 86 valence electrons. The average Bonchev–Trinajstić information content (AvgIpc) is 2.75. The highest BCUT2D eigenvalue weighted by Crippen LogP contribution is 2.38. The van der Waals surface area contributed by atoms with Crippen LogP contribution in [0.1, 0.15) is 32.6 Å². The van der Waals surface area contributed by atoms with Crippen molar-refractivity contribution in [3.05, 3.63) is 0 Å². The van der Waals surface area contributed by atoms with Gasteiger partial charge < -0.3 is 15.7 Å². The van der Waals surface area contributed by atoms with Crippen molar-refractivity contribution in [3.8, 4) is 0 Å². The number of carbonyl (C=O) groups excluding carboxylic acids is 1. The van der Waals surface area contributed by atoms with Gasteiger partial charge in [0.2, 0.25) is 5.91 Å². The molecule has 0 radical (unpaired) electrons. The Kier molecular flexibility index (Phi) is 2.73. The number of nitrogens with zero attached hydrogens (tertiary/aromatic N) is 1. The van der Waals surface area contributed by atoms with Crippen molar-refractivity contribution in [1.82, 2.24) is 4.90 Å². The lowest BCUT2D eigenvalue weighted by Crippen LogP contribution is -2.48. The van der Waals surface area contributed by atoms with E-state index < -0.39 is 0 Å². The molecule has 4 heteroatoms. The minimum Gasteiger partial charge on any atom is -0.391 e. The summed E-state index contributed by atoms with van der Waals surface area (Å²) < 4.78 is 0. The van der Waals surface area contributed by atoms with Gasteiger partial charge in [0.1, 0.15) is 0 Å². The molecular formula is C11H20N2O2. The Labute approximate surface area is 90.4 Å². The third-order valence-electron chi connectivity index (χ3n) is 3.97. The van der Waals surface area contributed by atoms with Crippen LogP contribution < -0.4 is 5.73 Å². The van der Waals surface area contributed by atoms with Gasteiger partial charge >= 0.3 is 0 Å². The van der Waals surface area contributed by atoms with Gasteiger partial charge in [-0.25, -0.2) is 0 Å². The lowest BCUT2D eigenvalue weighted by Gasteiger charge is -2.32. The number of aliphatic hydroxyl groups excluding tert-OH is 1. The first kappa shape index (κ1) is 10.9. The van der Waals surface area contributed by atoms with Crippen LogP contribution >= 0.6 is 0 Å². The van der Waals surface area contributed by atoms with Gasteiger partial charge in [-0.05, 0) is 26.2 Å². The zero-order chi connectivity index (χ0) is 11.1. The molecule has 15 heavy (non-hydrogen) atoms. The van der Waals surface area contributed by atoms with E-state index in [0.717, 1.165) is 19.3 Å². The Hall–Kier alpha value is -0.610. The summed E-state index contributed by atoms with van der Waals surface area (Å²) in [5.41, 5.74) is 5.62. The topological polar surface area (TPSA) is 66.6 Å². The third kappa shape index (κ3) is 1.76. The number of hydrogen-bond acceptors (Lipinski definition) is 3. The Bertz CT molecular complexity index is 269. The number of aliphatic hydroxyl groups is 1. The van der Waals surface area contributed by atoms with E-state index in [9.17, 15) is 9.90 Å². The molecule has 0 bridgehead atoms. The van der Waals surface area contributed by atoms with Crippen LogP contribution in [0.2, 0.25) is 0 Å². The van der Waals surface area contributed by atoms with Crippen LogP contribution in [-0.4, -0.2) is 41.1 Å². The Morgan fingerprint density at radius 2 is 2.27 bits per heavy atom. The minimum absolute atomic E-state index is 0.0113. The number of hydrogen-bond donors (Lipinski definition) is 2. The maximum absolute atomic E-state index is 12.3. The lowest BCUT2D eigenvalue weighted by molar-refractivity contribution is -0.140. The van der Waals surface area contributed by atoms with Gasteiger partial charge in [-0.1, -0.05) is 6.42 Å². The smallest absolute Gasteiger partial charge is 0.230 e. The molecule has 1 amide bonds.